The van der Waals surface area contributed by atoms with Crippen LogP contribution in [0.15, 0.2) is 129 Å². The van der Waals surface area contributed by atoms with Gasteiger partial charge in [0.15, 0.2) is 11.6 Å². The van der Waals surface area contributed by atoms with Crippen LogP contribution in [0, 0.1) is 11.8 Å². The van der Waals surface area contributed by atoms with Gasteiger partial charge in [-0.15, -0.1) is 10.2 Å². The number of hydrogen-bond donors (Lipinski definition) is 0. The molecule has 8 aromatic rings. The lowest BCUT2D eigenvalue weighted by atomic mass is 9.99. The second-order valence-electron chi connectivity index (χ2n) is 20.8. The molecule has 6 atom stereocenters. The molecule has 79 heavy (non-hydrogen) atoms. The Balaban J connectivity index is 0.000000137. The molecular formula is C56H39Cl2FN14O6. The van der Waals surface area contributed by atoms with Gasteiger partial charge >= 0.3 is 0 Å². The first-order valence-corrected chi connectivity index (χ1v) is 26.3. The Morgan fingerprint density at radius 2 is 1.11 bits per heavy atom. The van der Waals surface area contributed by atoms with Gasteiger partial charge in [-0.3, -0.25) is 24.2 Å². The van der Waals surface area contributed by atoms with Crippen LogP contribution in [0.4, 0.5) is 4.39 Å². The zero-order chi connectivity index (χ0) is 53.4. The molecule has 0 unspecified atom stereocenters. The number of ether oxygens (including phenoxy) is 2. The van der Waals surface area contributed by atoms with Crippen molar-refractivity contribution in [2.45, 2.75) is 62.4 Å². The third kappa shape index (κ3) is 8.08. The summed E-state index contributed by atoms with van der Waals surface area (Å²) in [5.74, 6) is 1.33. The van der Waals surface area contributed by atoms with Crippen molar-refractivity contribution in [3.63, 3.8) is 0 Å². The van der Waals surface area contributed by atoms with Crippen molar-refractivity contribution in [2.75, 3.05) is 13.2 Å². The lowest BCUT2D eigenvalue weighted by Crippen LogP contribution is -2.29. The van der Waals surface area contributed by atoms with Gasteiger partial charge in [0, 0.05) is 122 Å². The minimum absolute atomic E-state index is 0.0200. The molecule has 20 nitrogen and oxygen atoms in total. The Kier molecular flexibility index (Phi) is 10.8. The fraction of sp³-hybridized carbons (Fsp3) is 0.250. The highest BCUT2D eigenvalue weighted by Gasteiger charge is 2.56. The standard InChI is InChI=1S/C28H19ClFN7O3.C28H20ClN7O3/c29-15-2-4-23(36-12-31-34-35-36)17(8-15)14-6-24-18-9-19(18)26(37(24)25(39)7-14)22-10-20(27(30)32-22)21-3-1-13-5-16(38)11-40-28(13)33-21;29-17-2-4-24(35-13-31-33-34-35)19(9-17)15-7-25-20-10-21(20)27(36(25)26(38)8-15)23-6-16(11-30-23)22-3-1-14-5-18(37)12-39-28(14)32-22/h1-4,6-8,12,18-19,26H,5,9-11H2;1-4,7-9,11,13,20-21,27H,5-6,10,12H2/t18-,19+,26+;20-,21+,27+/m11/s1. The zero-order valence-electron chi connectivity index (χ0n) is 41.3. The quantitative estimate of drug-likeness (QED) is 0.134. The molecule has 6 aromatic heterocycles. The van der Waals surface area contributed by atoms with Crippen molar-refractivity contribution in [2.24, 2.45) is 21.8 Å². The molecule has 0 N–H and O–H groups in total. The Labute approximate surface area is 455 Å². The van der Waals surface area contributed by atoms with E-state index in [1.54, 1.807) is 51.7 Å². The number of halogens is 3. The minimum Gasteiger partial charge on any atom is -0.469 e. The van der Waals surface area contributed by atoms with Gasteiger partial charge in [-0.2, -0.15) is 13.8 Å². The van der Waals surface area contributed by atoms with E-state index in [0.29, 0.717) is 80.3 Å². The fourth-order valence-electron chi connectivity index (χ4n) is 12.4. The molecule has 2 saturated carbocycles. The lowest BCUT2D eigenvalue weighted by Gasteiger charge is -2.20. The molecule has 12 heterocycles. The number of carbonyl (C=O) groups excluding carboxylic acids is 2. The predicted molar refractivity (Wildman–Crippen MR) is 284 cm³/mol. The van der Waals surface area contributed by atoms with Crippen molar-refractivity contribution >= 4 is 57.3 Å². The third-order valence-electron chi connectivity index (χ3n) is 16.1. The van der Waals surface area contributed by atoms with Gasteiger partial charge in [-0.05, 0) is 117 Å². The number of benzene rings is 2. The van der Waals surface area contributed by atoms with E-state index in [0.717, 1.165) is 69.1 Å². The molecule has 2 fully saturated rings. The summed E-state index contributed by atoms with van der Waals surface area (Å²) in [6, 6.07) is 25.0. The summed E-state index contributed by atoms with van der Waals surface area (Å²) in [7, 11) is 0. The first kappa shape index (κ1) is 47.3. The molecule has 0 amide bonds. The van der Waals surface area contributed by atoms with E-state index >= 15 is 4.39 Å². The van der Waals surface area contributed by atoms with Crippen LogP contribution < -0.4 is 20.6 Å². The normalized spacial score (nSPS) is 22.5. The van der Waals surface area contributed by atoms with Crippen LogP contribution in [0.2, 0.25) is 10.0 Å². The van der Waals surface area contributed by atoms with E-state index in [2.05, 4.69) is 52.1 Å². The van der Waals surface area contributed by atoms with Crippen molar-refractivity contribution in [3.05, 3.63) is 174 Å². The van der Waals surface area contributed by atoms with Gasteiger partial charge in [0.1, 0.15) is 25.9 Å². The molecule has 6 aliphatic heterocycles. The highest BCUT2D eigenvalue weighted by Crippen LogP contribution is 2.62. The summed E-state index contributed by atoms with van der Waals surface area (Å²) in [4.78, 5) is 68.8. The maximum Gasteiger partial charge on any atom is 0.251 e. The van der Waals surface area contributed by atoms with Gasteiger partial charge in [0.2, 0.25) is 17.7 Å². The van der Waals surface area contributed by atoms with Crippen molar-refractivity contribution < 1.29 is 23.5 Å². The second kappa shape index (κ2) is 18.1. The first-order valence-electron chi connectivity index (χ1n) is 25.6. The number of carbonyl (C=O) groups is 2. The molecule has 16 rings (SSSR count). The van der Waals surface area contributed by atoms with Gasteiger partial charge in [0.25, 0.3) is 11.1 Å². The van der Waals surface area contributed by atoms with Crippen molar-refractivity contribution in [3.8, 4) is 45.4 Å². The number of rotatable bonds is 8. The lowest BCUT2D eigenvalue weighted by molar-refractivity contribution is -0.122. The van der Waals surface area contributed by atoms with Gasteiger partial charge in [-0.25, -0.2) is 15.0 Å². The highest BCUT2D eigenvalue weighted by molar-refractivity contribution is 6.31. The molecule has 8 aliphatic rings. The summed E-state index contributed by atoms with van der Waals surface area (Å²) < 4.78 is 33.0. The van der Waals surface area contributed by atoms with Gasteiger partial charge in [0.05, 0.1) is 34.8 Å². The first-order chi connectivity index (χ1) is 38.5. The molecule has 0 bridgehead atoms. The third-order valence-corrected chi connectivity index (χ3v) is 16.5. The summed E-state index contributed by atoms with van der Waals surface area (Å²) in [5.41, 5.74) is 11.8. The minimum atomic E-state index is -0.602. The molecular weight excluding hydrogens is 1050 g/mol. The van der Waals surface area contributed by atoms with Crippen LogP contribution in [0.1, 0.15) is 83.5 Å². The average molecular weight is 1090 g/mol. The topological polar surface area (TPSA) is 234 Å². The monoisotopic (exact) mass is 1090 g/mol. The molecule has 23 heteroatoms. The summed E-state index contributed by atoms with van der Waals surface area (Å²) in [5, 5.41) is 24.0. The maximum absolute atomic E-state index is 15.2. The number of aromatic nitrogens is 12. The number of tetrazole rings is 2. The molecule has 390 valence electrons. The molecule has 0 radical (unpaired) electrons. The Hall–Kier alpha value is -8.95. The van der Waals surface area contributed by atoms with Crippen LogP contribution in [0.5, 0.6) is 11.8 Å². The molecule has 0 spiro atoms. The number of nitrogens with zero attached hydrogens (tertiary/aromatic N) is 14. The van der Waals surface area contributed by atoms with E-state index in [1.807, 2.05) is 47.2 Å². The van der Waals surface area contributed by atoms with Crippen LogP contribution in [0.25, 0.3) is 44.8 Å². The van der Waals surface area contributed by atoms with Crippen molar-refractivity contribution in [1.82, 2.24) is 59.5 Å². The zero-order valence-corrected chi connectivity index (χ0v) is 42.8. The number of fused-ring (bicyclic) bond motifs is 8. The number of pyridine rings is 4. The highest BCUT2D eigenvalue weighted by atomic mass is 35.5. The average Bonchev–Trinajstić information content (AvgIpc) is 3.75. The van der Waals surface area contributed by atoms with Crippen LogP contribution in [-0.4, -0.2) is 95.7 Å². The molecule has 0 saturated heterocycles. The van der Waals surface area contributed by atoms with Crippen LogP contribution >= 0.6 is 23.2 Å². The number of aliphatic imine (C=N–C) groups is 2. The molecule has 2 aliphatic carbocycles. The Bertz CT molecular complexity index is 4250. The summed E-state index contributed by atoms with van der Waals surface area (Å²) in [6.45, 7) is 0.0233. The van der Waals surface area contributed by atoms with E-state index < -0.39 is 5.95 Å². The number of Topliss-reactive ketones (excluding diaryl/α,β-unsaturated/α-hetero) is 2. The van der Waals surface area contributed by atoms with E-state index in [1.165, 1.54) is 17.3 Å². The van der Waals surface area contributed by atoms with E-state index in [4.69, 9.17) is 37.7 Å². The predicted octanol–water partition coefficient (Wildman–Crippen LogP) is 7.47. The second-order valence-corrected chi connectivity index (χ2v) is 21.7. The summed E-state index contributed by atoms with van der Waals surface area (Å²) >= 11 is 12.7. The van der Waals surface area contributed by atoms with Gasteiger partial charge < -0.3 is 18.6 Å². The number of hydrogen-bond acceptors (Lipinski definition) is 16. The van der Waals surface area contributed by atoms with Crippen LogP contribution in [0.3, 0.4) is 0 Å². The number of allylic oxidation sites excluding steroid dienone is 2. The van der Waals surface area contributed by atoms with E-state index in [-0.39, 0.29) is 72.7 Å². The largest absolute Gasteiger partial charge is 0.469 e. The number of ketones is 2. The van der Waals surface area contributed by atoms with Gasteiger partial charge in [-0.1, -0.05) is 35.3 Å². The van der Waals surface area contributed by atoms with E-state index in [9.17, 15) is 19.2 Å². The molecule has 2 aromatic carbocycles. The Morgan fingerprint density at radius 1 is 0.582 bits per heavy atom. The SMILES string of the molecule is O=C1COc2nc(C3=C(F)N=C([C@@H]4[C@H]5C[C@H]5c5cc(-c6cc(Cl)ccc6-n6cnnn6)cc(=O)n54)C3)ccc2C1.O=C1COc2nc(C3=CN=C([C@@H]4[C@H]5C[C@H]5c5cc(-c6cc(Cl)ccc6-n6cnnn6)cc(=O)n54)C3)ccc2C1. The van der Waals surface area contributed by atoms with Crippen molar-refractivity contribution in [1.29, 1.82) is 0 Å². The van der Waals surface area contributed by atoms with Crippen LogP contribution in [-0.2, 0) is 22.4 Å². The maximum atomic E-state index is 15.2. The fourth-order valence-corrected chi connectivity index (χ4v) is 12.7. The summed E-state index contributed by atoms with van der Waals surface area (Å²) in [6.07, 6.45) is 8.24. The smallest absolute Gasteiger partial charge is 0.251 e. The Morgan fingerprint density at radius 3 is 1.66 bits per heavy atom.